The average molecular weight is 350 g/mol. The second kappa shape index (κ2) is 7.08. The SMILES string of the molecule is O=C(c1ccncc1)N1CCCN(c2ccc(C(F)(F)F)nc2)CC1. The fraction of sp³-hybridized carbons (Fsp3) is 0.353. The molecule has 0 radical (unpaired) electrons. The van der Waals surface area contributed by atoms with Crippen LogP contribution in [0, 0.1) is 0 Å². The van der Waals surface area contributed by atoms with Crippen molar-refractivity contribution in [2.75, 3.05) is 31.1 Å². The molecular weight excluding hydrogens is 333 g/mol. The van der Waals surface area contributed by atoms with Gasteiger partial charge in [0.1, 0.15) is 5.69 Å². The first-order valence-electron chi connectivity index (χ1n) is 7.92. The zero-order valence-electron chi connectivity index (χ0n) is 13.4. The average Bonchev–Trinajstić information content (AvgIpc) is 2.87. The van der Waals surface area contributed by atoms with Gasteiger partial charge in [-0.15, -0.1) is 0 Å². The lowest BCUT2D eigenvalue weighted by molar-refractivity contribution is -0.141. The maximum atomic E-state index is 12.6. The molecule has 0 unspecified atom stereocenters. The number of hydrogen-bond donors (Lipinski definition) is 0. The van der Waals surface area contributed by atoms with Gasteiger partial charge in [0.2, 0.25) is 0 Å². The van der Waals surface area contributed by atoms with Crippen LogP contribution >= 0.6 is 0 Å². The van der Waals surface area contributed by atoms with E-state index in [9.17, 15) is 18.0 Å². The third-order valence-corrected chi connectivity index (χ3v) is 4.11. The van der Waals surface area contributed by atoms with Crippen molar-refractivity contribution in [2.45, 2.75) is 12.6 Å². The molecule has 25 heavy (non-hydrogen) atoms. The number of aromatic nitrogens is 2. The Balaban J connectivity index is 1.66. The quantitative estimate of drug-likeness (QED) is 0.836. The molecule has 3 rings (SSSR count). The van der Waals surface area contributed by atoms with Gasteiger partial charge >= 0.3 is 6.18 Å². The molecule has 1 amide bonds. The van der Waals surface area contributed by atoms with Crippen LogP contribution in [-0.2, 0) is 6.18 Å². The van der Waals surface area contributed by atoms with E-state index < -0.39 is 11.9 Å². The first-order valence-corrected chi connectivity index (χ1v) is 7.92. The number of pyridine rings is 2. The van der Waals surface area contributed by atoms with Crippen LogP contribution in [0.25, 0.3) is 0 Å². The molecule has 2 aromatic rings. The minimum atomic E-state index is -4.44. The van der Waals surface area contributed by atoms with E-state index in [0.717, 1.165) is 12.5 Å². The Morgan fingerprint density at radius 3 is 2.40 bits per heavy atom. The van der Waals surface area contributed by atoms with Gasteiger partial charge in [0.05, 0.1) is 11.9 Å². The van der Waals surface area contributed by atoms with Gasteiger partial charge in [-0.1, -0.05) is 0 Å². The number of nitrogens with zero attached hydrogens (tertiary/aromatic N) is 4. The highest BCUT2D eigenvalue weighted by Gasteiger charge is 2.32. The first kappa shape index (κ1) is 17.2. The van der Waals surface area contributed by atoms with Crippen LogP contribution < -0.4 is 4.90 Å². The van der Waals surface area contributed by atoms with E-state index >= 15 is 0 Å². The topological polar surface area (TPSA) is 49.3 Å². The lowest BCUT2D eigenvalue weighted by atomic mass is 10.2. The van der Waals surface area contributed by atoms with Crippen molar-refractivity contribution in [3.8, 4) is 0 Å². The van der Waals surface area contributed by atoms with Crippen LogP contribution in [0.15, 0.2) is 42.9 Å². The standard InChI is InChI=1S/C17H17F3N4O/c18-17(19,20)15-3-2-14(12-22-15)23-8-1-9-24(11-10-23)16(25)13-4-6-21-7-5-13/h2-7,12H,1,8-11H2. The smallest absolute Gasteiger partial charge is 0.368 e. The largest absolute Gasteiger partial charge is 0.433 e. The third kappa shape index (κ3) is 4.07. The molecule has 2 aromatic heterocycles. The Hall–Kier alpha value is -2.64. The first-order chi connectivity index (χ1) is 11.9. The molecule has 0 atom stereocenters. The van der Waals surface area contributed by atoms with Gasteiger partial charge in [-0.2, -0.15) is 13.2 Å². The van der Waals surface area contributed by atoms with Gasteiger partial charge < -0.3 is 9.80 Å². The molecule has 0 saturated carbocycles. The van der Waals surface area contributed by atoms with Crippen LogP contribution in [0.4, 0.5) is 18.9 Å². The predicted molar refractivity (Wildman–Crippen MR) is 86.2 cm³/mol. The van der Waals surface area contributed by atoms with Crippen LogP contribution in [0.2, 0.25) is 0 Å². The minimum absolute atomic E-state index is 0.0604. The maximum absolute atomic E-state index is 12.6. The normalized spacial score (nSPS) is 15.8. The summed E-state index contributed by atoms with van der Waals surface area (Å²) >= 11 is 0. The van der Waals surface area contributed by atoms with Crippen LogP contribution in [0.3, 0.4) is 0 Å². The zero-order chi connectivity index (χ0) is 17.9. The van der Waals surface area contributed by atoms with Crippen molar-refractivity contribution in [1.29, 1.82) is 0 Å². The summed E-state index contributed by atoms with van der Waals surface area (Å²) in [4.78, 5) is 23.6. The summed E-state index contributed by atoms with van der Waals surface area (Å²) in [5.41, 5.74) is 0.312. The molecule has 0 spiro atoms. The van der Waals surface area contributed by atoms with Gasteiger partial charge in [-0.05, 0) is 30.7 Å². The van der Waals surface area contributed by atoms with Crippen molar-refractivity contribution in [3.05, 3.63) is 54.1 Å². The van der Waals surface area contributed by atoms with E-state index in [1.165, 1.54) is 12.3 Å². The van der Waals surface area contributed by atoms with E-state index in [-0.39, 0.29) is 5.91 Å². The number of anilines is 1. The van der Waals surface area contributed by atoms with E-state index in [4.69, 9.17) is 0 Å². The monoisotopic (exact) mass is 350 g/mol. The van der Waals surface area contributed by atoms with Crippen LogP contribution in [0.1, 0.15) is 22.5 Å². The zero-order valence-corrected chi connectivity index (χ0v) is 13.4. The van der Waals surface area contributed by atoms with E-state index in [2.05, 4.69) is 9.97 Å². The Bertz CT molecular complexity index is 719. The number of hydrogen-bond acceptors (Lipinski definition) is 4. The van der Waals surface area contributed by atoms with Gasteiger partial charge in [-0.3, -0.25) is 9.78 Å². The summed E-state index contributed by atoms with van der Waals surface area (Å²) in [6.07, 6.45) is 0.683. The summed E-state index contributed by atoms with van der Waals surface area (Å²) in [7, 11) is 0. The molecule has 0 bridgehead atoms. The Kier molecular flexibility index (Phi) is 4.87. The Morgan fingerprint density at radius 2 is 1.76 bits per heavy atom. The molecule has 0 aliphatic carbocycles. The highest BCUT2D eigenvalue weighted by Crippen LogP contribution is 2.28. The molecule has 1 fully saturated rings. The van der Waals surface area contributed by atoms with Gasteiger partial charge in [0, 0.05) is 44.1 Å². The highest BCUT2D eigenvalue weighted by atomic mass is 19.4. The van der Waals surface area contributed by atoms with Gasteiger partial charge in [0.25, 0.3) is 5.91 Å². The number of carbonyl (C=O) groups excluding carboxylic acids is 1. The molecule has 1 aliphatic rings. The van der Waals surface area contributed by atoms with Crippen molar-refractivity contribution in [1.82, 2.24) is 14.9 Å². The summed E-state index contributed by atoms with van der Waals surface area (Å²) in [6.45, 7) is 2.31. The molecule has 0 N–H and O–H groups in total. The third-order valence-electron chi connectivity index (χ3n) is 4.11. The van der Waals surface area contributed by atoms with Crippen molar-refractivity contribution >= 4 is 11.6 Å². The number of amides is 1. The van der Waals surface area contributed by atoms with Gasteiger partial charge in [0.15, 0.2) is 0 Å². The molecule has 1 aliphatic heterocycles. The van der Waals surface area contributed by atoms with E-state index in [0.29, 0.717) is 37.4 Å². The maximum Gasteiger partial charge on any atom is 0.433 e. The predicted octanol–water partition coefficient (Wildman–Crippen LogP) is 2.85. The summed E-state index contributed by atoms with van der Waals surface area (Å²) in [6, 6.07) is 5.76. The molecule has 1 saturated heterocycles. The molecular formula is C17H17F3N4O. The minimum Gasteiger partial charge on any atom is -0.368 e. The summed E-state index contributed by atoms with van der Waals surface area (Å²) in [5.74, 6) is -0.0604. The van der Waals surface area contributed by atoms with Crippen LogP contribution in [0.5, 0.6) is 0 Å². The number of carbonyl (C=O) groups is 1. The molecule has 3 heterocycles. The highest BCUT2D eigenvalue weighted by molar-refractivity contribution is 5.94. The Labute approximate surface area is 143 Å². The van der Waals surface area contributed by atoms with Gasteiger partial charge in [-0.25, -0.2) is 4.98 Å². The fourth-order valence-corrected chi connectivity index (χ4v) is 2.80. The summed E-state index contributed by atoms with van der Waals surface area (Å²) < 4.78 is 37.8. The molecule has 0 aromatic carbocycles. The summed E-state index contributed by atoms with van der Waals surface area (Å²) in [5, 5.41) is 0. The lowest BCUT2D eigenvalue weighted by Crippen LogP contribution is -2.35. The van der Waals surface area contributed by atoms with Crippen molar-refractivity contribution in [3.63, 3.8) is 0 Å². The fourth-order valence-electron chi connectivity index (χ4n) is 2.80. The Morgan fingerprint density at radius 1 is 1.00 bits per heavy atom. The number of rotatable bonds is 2. The van der Waals surface area contributed by atoms with Crippen molar-refractivity contribution < 1.29 is 18.0 Å². The molecule has 8 heteroatoms. The second-order valence-electron chi connectivity index (χ2n) is 5.77. The van der Waals surface area contributed by atoms with E-state index in [1.54, 1.807) is 29.4 Å². The molecule has 5 nitrogen and oxygen atoms in total. The number of halogens is 3. The van der Waals surface area contributed by atoms with Crippen molar-refractivity contribution in [2.24, 2.45) is 0 Å². The lowest BCUT2D eigenvalue weighted by Gasteiger charge is -2.23. The number of alkyl halides is 3. The molecule has 132 valence electrons. The van der Waals surface area contributed by atoms with E-state index in [1.807, 2.05) is 4.90 Å². The second-order valence-corrected chi connectivity index (χ2v) is 5.77. The van der Waals surface area contributed by atoms with Crippen LogP contribution in [-0.4, -0.2) is 47.0 Å².